The Balaban J connectivity index is 0.000000612. The van der Waals surface area contributed by atoms with Crippen molar-refractivity contribution in [3.63, 3.8) is 0 Å². The van der Waals surface area contributed by atoms with E-state index in [9.17, 15) is 0 Å². The molecule has 0 bridgehead atoms. The lowest BCUT2D eigenvalue weighted by Gasteiger charge is -2.23. The zero-order chi connectivity index (χ0) is 15.3. The molecular formula is C16H27N3S. The average Bonchev–Trinajstić information content (AvgIpc) is 2.84. The summed E-state index contributed by atoms with van der Waals surface area (Å²) < 4.78 is 1.23. The number of hydrogen-bond donors (Lipinski definition) is 1. The summed E-state index contributed by atoms with van der Waals surface area (Å²) in [6.07, 6.45) is 2.19. The van der Waals surface area contributed by atoms with Crippen LogP contribution in [-0.4, -0.2) is 17.0 Å². The van der Waals surface area contributed by atoms with E-state index in [1.165, 1.54) is 16.7 Å². The van der Waals surface area contributed by atoms with Gasteiger partial charge in [0.1, 0.15) is 5.82 Å². The van der Waals surface area contributed by atoms with Gasteiger partial charge in [0.2, 0.25) is 0 Å². The van der Waals surface area contributed by atoms with Crippen molar-refractivity contribution >= 4 is 27.4 Å². The Morgan fingerprint density at radius 3 is 2.25 bits per heavy atom. The van der Waals surface area contributed by atoms with Crippen molar-refractivity contribution in [1.82, 2.24) is 9.97 Å². The second-order valence-corrected chi connectivity index (χ2v) is 6.73. The summed E-state index contributed by atoms with van der Waals surface area (Å²) in [5.41, 5.74) is 5.43. The van der Waals surface area contributed by atoms with Crippen LogP contribution in [0.1, 0.15) is 59.2 Å². The molecule has 2 heterocycles. The van der Waals surface area contributed by atoms with Crippen LogP contribution in [0.5, 0.6) is 0 Å². The number of nitrogens with one attached hydrogen (secondary N) is 1. The molecule has 0 saturated carbocycles. The van der Waals surface area contributed by atoms with Crippen LogP contribution in [0.4, 0.5) is 5.82 Å². The molecule has 0 aliphatic carbocycles. The van der Waals surface area contributed by atoms with E-state index in [0.29, 0.717) is 0 Å². The minimum atomic E-state index is 0.0456. The van der Waals surface area contributed by atoms with Gasteiger partial charge in [0, 0.05) is 12.6 Å². The van der Waals surface area contributed by atoms with Gasteiger partial charge in [-0.1, -0.05) is 48.0 Å². The fourth-order valence-electron chi connectivity index (χ4n) is 2.11. The standard InChI is InChI=1S/C13H19N3S.C3H8/c1-6-8-11-10(15-7-17-11)9(13(2,3)4)12(14-5)16-8;1-3-2/h7H,6H2,1-5H3,(H,14,16);3H2,1-2H3. The van der Waals surface area contributed by atoms with Crippen LogP contribution in [-0.2, 0) is 11.8 Å². The summed E-state index contributed by atoms with van der Waals surface area (Å²) in [6.45, 7) is 13.0. The predicted molar refractivity (Wildman–Crippen MR) is 91.0 cm³/mol. The number of nitrogens with zero attached hydrogens (tertiary/aromatic N) is 2. The van der Waals surface area contributed by atoms with Crippen LogP contribution in [0.3, 0.4) is 0 Å². The molecule has 0 amide bonds. The zero-order valence-electron chi connectivity index (χ0n) is 13.8. The third-order valence-electron chi connectivity index (χ3n) is 2.87. The maximum absolute atomic E-state index is 4.74. The predicted octanol–water partition coefficient (Wildman–Crippen LogP) is 5.01. The molecule has 0 aliphatic heterocycles. The van der Waals surface area contributed by atoms with E-state index >= 15 is 0 Å². The van der Waals surface area contributed by atoms with E-state index < -0.39 is 0 Å². The van der Waals surface area contributed by atoms with Crippen LogP contribution in [0.25, 0.3) is 10.2 Å². The van der Waals surface area contributed by atoms with Gasteiger partial charge in [0.25, 0.3) is 0 Å². The molecule has 3 nitrogen and oxygen atoms in total. The van der Waals surface area contributed by atoms with Crippen LogP contribution < -0.4 is 5.32 Å². The number of aryl methyl sites for hydroxylation is 1. The number of rotatable bonds is 2. The summed E-state index contributed by atoms with van der Waals surface area (Å²) >= 11 is 1.69. The largest absolute Gasteiger partial charge is 0.373 e. The number of aromatic nitrogens is 2. The van der Waals surface area contributed by atoms with Gasteiger partial charge in [-0.2, -0.15) is 0 Å². The third kappa shape index (κ3) is 3.48. The van der Waals surface area contributed by atoms with E-state index in [-0.39, 0.29) is 5.41 Å². The fraction of sp³-hybridized carbons (Fsp3) is 0.625. The van der Waals surface area contributed by atoms with Crippen LogP contribution in [0.15, 0.2) is 5.51 Å². The lowest BCUT2D eigenvalue weighted by Crippen LogP contribution is -2.16. The highest BCUT2D eigenvalue weighted by Gasteiger charge is 2.24. The lowest BCUT2D eigenvalue weighted by atomic mass is 9.86. The van der Waals surface area contributed by atoms with Gasteiger partial charge >= 0.3 is 0 Å². The lowest BCUT2D eigenvalue weighted by molar-refractivity contribution is 0.594. The monoisotopic (exact) mass is 293 g/mol. The number of thiazole rings is 1. The van der Waals surface area contributed by atoms with E-state index in [1.54, 1.807) is 11.3 Å². The molecule has 2 aromatic heterocycles. The van der Waals surface area contributed by atoms with E-state index in [0.717, 1.165) is 23.4 Å². The first kappa shape index (κ1) is 16.9. The smallest absolute Gasteiger partial charge is 0.132 e. The van der Waals surface area contributed by atoms with Gasteiger partial charge in [0.05, 0.1) is 21.4 Å². The number of anilines is 1. The molecule has 0 saturated heterocycles. The molecule has 0 aromatic carbocycles. The molecule has 0 fully saturated rings. The summed E-state index contributed by atoms with van der Waals surface area (Å²) in [7, 11) is 1.93. The Bertz CT molecular complexity index is 553. The van der Waals surface area contributed by atoms with Crippen molar-refractivity contribution in [2.24, 2.45) is 0 Å². The van der Waals surface area contributed by atoms with Crippen molar-refractivity contribution < 1.29 is 0 Å². The van der Waals surface area contributed by atoms with Gasteiger partial charge in [-0.05, 0) is 11.8 Å². The number of hydrogen-bond acceptors (Lipinski definition) is 4. The molecule has 20 heavy (non-hydrogen) atoms. The minimum Gasteiger partial charge on any atom is -0.373 e. The van der Waals surface area contributed by atoms with Crippen molar-refractivity contribution in [2.45, 2.75) is 59.8 Å². The van der Waals surface area contributed by atoms with Gasteiger partial charge in [-0.25, -0.2) is 9.97 Å². The molecule has 0 unspecified atom stereocenters. The zero-order valence-corrected chi connectivity index (χ0v) is 14.6. The first-order valence-corrected chi connectivity index (χ1v) is 8.22. The second kappa shape index (κ2) is 7.02. The maximum Gasteiger partial charge on any atom is 0.132 e. The molecule has 2 rings (SSSR count). The molecular weight excluding hydrogens is 266 g/mol. The summed E-state index contributed by atoms with van der Waals surface area (Å²) in [6, 6.07) is 0. The maximum atomic E-state index is 4.74. The molecule has 0 atom stereocenters. The van der Waals surface area contributed by atoms with E-state index in [1.807, 2.05) is 12.6 Å². The van der Waals surface area contributed by atoms with Gasteiger partial charge in [0.15, 0.2) is 0 Å². The van der Waals surface area contributed by atoms with Crippen molar-refractivity contribution in [3.05, 3.63) is 16.8 Å². The highest BCUT2D eigenvalue weighted by molar-refractivity contribution is 7.17. The average molecular weight is 293 g/mol. The number of pyridine rings is 1. The topological polar surface area (TPSA) is 37.8 Å². The first-order chi connectivity index (χ1) is 9.40. The number of fused-ring (bicyclic) bond motifs is 1. The van der Waals surface area contributed by atoms with Gasteiger partial charge < -0.3 is 5.32 Å². The summed E-state index contributed by atoms with van der Waals surface area (Å²) in [5, 5.41) is 3.21. The molecule has 4 heteroatoms. The Kier molecular flexibility index (Phi) is 5.93. The Labute approximate surface area is 126 Å². The van der Waals surface area contributed by atoms with Gasteiger partial charge in [-0.15, -0.1) is 11.3 Å². The Morgan fingerprint density at radius 2 is 1.80 bits per heavy atom. The van der Waals surface area contributed by atoms with Crippen LogP contribution >= 0.6 is 11.3 Å². The first-order valence-electron chi connectivity index (χ1n) is 7.34. The summed E-state index contributed by atoms with van der Waals surface area (Å²) in [4.78, 5) is 9.28. The van der Waals surface area contributed by atoms with Crippen molar-refractivity contribution in [2.75, 3.05) is 12.4 Å². The SMILES string of the molecule is CCC.CCc1nc(NC)c(C(C)(C)C)c2ncsc12. The molecule has 1 N–H and O–H groups in total. The minimum absolute atomic E-state index is 0.0456. The van der Waals surface area contributed by atoms with Crippen molar-refractivity contribution in [1.29, 1.82) is 0 Å². The van der Waals surface area contributed by atoms with Crippen LogP contribution in [0, 0.1) is 0 Å². The van der Waals surface area contributed by atoms with E-state index in [4.69, 9.17) is 4.98 Å². The second-order valence-electron chi connectivity index (χ2n) is 5.87. The molecule has 2 aromatic rings. The highest BCUT2D eigenvalue weighted by Crippen LogP contribution is 2.36. The molecule has 0 spiro atoms. The Hall–Kier alpha value is -1.16. The normalized spacial score (nSPS) is 11.2. The highest BCUT2D eigenvalue weighted by atomic mass is 32.1. The van der Waals surface area contributed by atoms with Crippen LogP contribution in [0.2, 0.25) is 0 Å². The van der Waals surface area contributed by atoms with E-state index in [2.05, 4.69) is 51.8 Å². The summed E-state index contributed by atoms with van der Waals surface area (Å²) in [5.74, 6) is 0.966. The molecule has 0 radical (unpaired) electrons. The molecule has 112 valence electrons. The third-order valence-corrected chi connectivity index (χ3v) is 3.75. The van der Waals surface area contributed by atoms with Crippen molar-refractivity contribution in [3.8, 4) is 0 Å². The Morgan fingerprint density at radius 1 is 1.20 bits per heavy atom. The fourth-order valence-corrected chi connectivity index (χ4v) is 2.97. The quantitative estimate of drug-likeness (QED) is 0.845. The molecule has 0 aliphatic rings. The van der Waals surface area contributed by atoms with Gasteiger partial charge in [-0.3, -0.25) is 0 Å².